The number of nitrogens with two attached hydrogens (primary N) is 1. The van der Waals surface area contributed by atoms with Gasteiger partial charge in [-0.15, -0.1) is 0 Å². The second-order valence-electron chi connectivity index (χ2n) is 3.44. The Morgan fingerprint density at radius 3 is 2.88 bits per heavy atom. The number of hydrogen-bond donors (Lipinski definition) is 1. The van der Waals surface area contributed by atoms with Gasteiger partial charge < -0.3 is 5.73 Å². The Bertz CT molecular complexity index is 494. The van der Waals surface area contributed by atoms with Crippen molar-refractivity contribution in [3.63, 3.8) is 0 Å². The maximum atomic E-state index is 5.57. The lowest BCUT2D eigenvalue weighted by atomic mass is 10.3. The summed E-state index contributed by atoms with van der Waals surface area (Å²) in [5.41, 5.74) is 7.36. The highest BCUT2D eigenvalue weighted by Gasteiger charge is 2.05. The summed E-state index contributed by atoms with van der Waals surface area (Å²) in [5, 5.41) is 4.81. The highest BCUT2D eigenvalue weighted by atomic mass is 32.2. The van der Waals surface area contributed by atoms with Crippen molar-refractivity contribution in [1.29, 1.82) is 0 Å². The average molecular weight is 235 g/mol. The van der Waals surface area contributed by atoms with E-state index in [1.165, 1.54) is 11.8 Å². The van der Waals surface area contributed by atoms with Gasteiger partial charge in [-0.05, 0) is 24.8 Å². The van der Waals surface area contributed by atoms with Crippen molar-refractivity contribution in [2.24, 2.45) is 12.8 Å². The van der Waals surface area contributed by atoms with Crippen LogP contribution in [-0.4, -0.2) is 19.7 Å². The molecule has 2 aromatic rings. The van der Waals surface area contributed by atoms with Crippen molar-refractivity contribution in [2.75, 3.05) is 0 Å². The first-order chi connectivity index (χ1) is 7.67. The zero-order valence-corrected chi connectivity index (χ0v) is 10.0. The van der Waals surface area contributed by atoms with Crippen LogP contribution in [0.3, 0.4) is 0 Å². The highest BCUT2D eigenvalue weighted by Crippen LogP contribution is 2.23. The standard InChI is InChI=1S/C10H13N5S/c1-7-3-8(4-11)14-10(13-7)16-9-5-12-15(2)6-9/h3,5-6H,4,11H2,1-2H3. The van der Waals surface area contributed by atoms with E-state index in [9.17, 15) is 0 Å². The van der Waals surface area contributed by atoms with Gasteiger partial charge in [0.15, 0.2) is 5.16 Å². The molecule has 0 aliphatic rings. The molecule has 0 aromatic carbocycles. The quantitative estimate of drug-likeness (QED) is 0.808. The van der Waals surface area contributed by atoms with Crippen molar-refractivity contribution in [2.45, 2.75) is 23.5 Å². The van der Waals surface area contributed by atoms with Crippen molar-refractivity contribution >= 4 is 11.8 Å². The SMILES string of the molecule is Cc1cc(CN)nc(Sc2cnn(C)c2)n1. The number of aryl methyl sites for hydroxylation is 2. The van der Waals surface area contributed by atoms with Gasteiger partial charge in [0.1, 0.15) is 0 Å². The van der Waals surface area contributed by atoms with Crippen molar-refractivity contribution < 1.29 is 0 Å². The second kappa shape index (κ2) is 4.63. The molecule has 2 aromatic heterocycles. The van der Waals surface area contributed by atoms with Crippen LogP contribution in [0.5, 0.6) is 0 Å². The molecule has 0 atom stereocenters. The average Bonchev–Trinajstić information content (AvgIpc) is 2.63. The molecule has 2 heterocycles. The van der Waals surface area contributed by atoms with E-state index in [1.54, 1.807) is 10.9 Å². The molecule has 0 saturated carbocycles. The molecule has 0 unspecified atom stereocenters. The third kappa shape index (κ3) is 2.59. The van der Waals surface area contributed by atoms with Crippen LogP contribution in [0.4, 0.5) is 0 Å². The van der Waals surface area contributed by atoms with E-state index >= 15 is 0 Å². The molecule has 2 rings (SSSR count). The summed E-state index contributed by atoms with van der Waals surface area (Å²) >= 11 is 1.49. The largest absolute Gasteiger partial charge is 0.325 e. The maximum Gasteiger partial charge on any atom is 0.193 e. The summed E-state index contributed by atoms with van der Waals surface area (Å²) in [6.45, 7) is 2.37. The summed E-state index contributed by atoms with van der Waals surface area (Å²) in [4.78, 5) is 9.72. The molecule has 0 aliphatic carbocycles. The molecule has 0 radical (unpaired) electrons. The van der Waals surface area contributed by atoms with E-state index in [-0.39, 0.29) is 0 Å². The highest BCUT2D eigenvalue weighted by molar-refractivity contribution is 7.99. The predicted octanol–water partition coefficient (Wildman–Crippen LogP) is 1.13. The fourth-order valence-corrected chi connectivity index (χ4v) is 2.18. The summed E-state index contributed by atoms with van der Waals surface area (Å²) in [6, 6.07) is 1.90. The van der Waals surface area contributed by atoms with E-state index in [2.05, 4.69) is 15.1 Å². The van der Waals surface area contributed by atoms with Gasteiger partial charge in [-0.25, -0.2) is 9.97 Å². The maximum absolute atomic E-state index is 5.57. The predicted molar refractivity (Wildman–Crippen MR) is 62.0 cm³/mol. The molecule has 16 heavy (non-hydrogen) atoms. The molecule has 0 amide bonds. The molecular weight excluding hydrogens is 222 g/mol. The summed E-state index contributed by atoms with van der Waals surface area (Å²) in [7, 11) is 1.88. The molecule has 5 nitrogen and oxygen atoms in total. The molecule has 0 saturated heterocycles. The van der Waals surface area contributed by atoms with Gasteiger partial charge >= 0.3 is 0 Å². The fraction of sp³-hybridized carbons (Fsp3) is 0.300. The Kier molecular flexibility index (Phi) is 3.21. The van der Waals surface area contributed by atoms with E-state index in [1.807, 2.05) is 26.2 Å². The summed E-state index contributed by atoms with van der Waals surface area (Å²) < 4.78 is 1.75. The molecule has 84 valence electrons. The minimum absolute atomic E-state index is 0.434. The molecule has 0 spiro atoms. The van der Waals surface area contributed by atoms with Crippen LogP contribution in [0, 0.1) is 6.92 Å². The molecule has 2 N–H and O–H groups in total. The smallest absolute Gasteiger partial charge is 0.193 e. The number of nitrogens with zero attached hydrogens (tertiary/aromatic N) is 4. The van der Waals surface area contributed by atoms with Gasteiger partial charge in [-0.1, -0.05) is 0 Å². The van der Waals surface area contributed by atoms with E-state index in [0.717, 1.165) is 16.3 Å². The van der Waals surface area contributed by atoms with Crippen LogP contribution in [0.2, 0.25) is 0 Å². The van der Waals surface area contributed by atoms with Gasteiger partial charge in [-0.2, -0.15) is 5.10 Å². The minimum Gasteiger partial charge on any atom is -0.325 e. The number of hydrogen-bond acceptors (Lipinski definition) is 5. The van der Waals surface area contributed by atoms with Gasteiger partial charge in [0.05, 0.1) is 16.8 Å². The fourth-order valence-electron chi connectivity index (χ4n) is 1.31. The normalized spacial score (nSPS) is 10.7. The Morgan fingerprint density at radius 2 is 2.25 bits per heavy atom. The van der Waals surface area contributed by atoms with Crippen LogP contribution in [0.15, 0.2) is 28.5 Å². The molecular formula is C10H13N5S. The third-order valence-corrected chi connectivity index (χ3v) is 2.80. The van der Waals surface area contributed by atoms with Crippen molar-refractivity contribution in [3.8, 4) is 0 Å². The lowest BCUT2D eigenvalue weighted by molar-refractivity contribution is 0.766. The minimum atomic E-state index is 0.434. The molecule has 6 heteroatoms. The molecule has 0 aliphatic heterocycles. The van der Waals surface area contributed by atoms with E-state index in [0.29, 0.717) is 11.7 Å². The Hall–Kier alpha value is -1.40. The molecule has 0 bridgehead atoms. The summed E-state index contributed by atoms with van der Waals surface area (Å²) in [6.07, 6.45) is 3.72. The Balaban J connectivity index is 2.24. The van der Waals surface area contributed by atoms with E-state index in [4.69, 9.17) is 5.73 Å². The Morgan fingerprint density at radius 1 is 1.44 bits per heavy atom. The lowest BCUT2D eigenvalue weighted by Crippen LogP contribution is -2.02. The van der Waals surface area contributed by atoms with Gasteiger partial charge in [-0.3, -0.25) is 4.68 Å². The summed E-state index contributed by atoms with van der Waals surface area (Å²) in [5.74, 6) is 0. The number of aromatic nitrogens is 4. The topological polar surface area (TPSA) is 69.6 Å². The van der Waals surface area contributed by atoms with Crippen molar-refractivity contribution in [1.82, 2.24) is 19.7 Å². The van der Waals surface area contributed by atoms with Gasteiger partial charge in [0, 0.05) is 25.5 Å². The second-order valence-corrected chi connectivity index (χ2v) is 4.48. The first kappa shape index (κ1) is 11.1. The zero-order chi connectivity index (χ0) is 11.5. The van der Waals surface area contributed by atoms with Crippen LogP contribution < -0.4 is 5.73 Å². The van der Waals surface area contributed by atoms with Crippen LogP contribution in [0.25, 0.3) is 0 Å². The third-order valence-electron chi connectivity index (χ3n) is 1.99. The zero-order valence-electron chi connectivity index (χ0n) is 9.21. The first-order valence-corrected chi connectivity index (χ1v) is 5.70. The first-order valence-electron chi connectivity index (χ1n) is 4.88. The van der Waals surface area contributed by atoms with Crippen LogP contribution >= 0.6 is 11.8 Å². The number of rotatable bonds is 3. The van der Waals surface area contributed by atoms with E-state index < -0.39 is 0 Å². The van der Waals surface area contributed by atoms with Gasteiger partial charge in [0.25, 0.3) is 0 Å². The monoisotopic (exact) mass is 235 g/mol. The van der Waals surface area contributed by atoms with Crippen LogP contribution in [-0.2, 0) is 13.6 Å². The lowest BCUT2D eigenvalue weighted by Gasteiger charge is -2.02. The van der Waals surface area contributed by atoms with Crippen molar-refractivity contribution in [3.05, 3.63) is 29.8 Å². The van der Waals surface area contributed by atoms with Crippen LogP contribution in [0.1, 0.15) is 11.4 Å². The van der Waals surface area contributed by atoms with Gasteiger partial charge in [0.2, 0.25) is 0 Å². The Labute approximate surface area is 98.1 Å². The molecule has 0 fully saturated rings.